The van der Waals surface area contributed by atoms with Gasteiger partial charge in [0.2, 0.25) is 6.08 Å². The summed E-state index contributed by atoms with van der Waals surface area (Å²) in [4.78, 5) is 13.3. The number of isocyanates is 1. The van der Waals surface area contributed by atoms with Gasteiger partial charge in [0, 0.05) is 6.07 Å². The van der Waals surface area contributed by atoms with E-state index in [1.807, 2.05) is 0 Å². The molecule has 0 atom stereocenters. The van der Waals surface area contributed by atoms with E-state index in [9.17, 15) is 9.18 Å². The topological polar surface area (TPSA) is 38.7 Å². The van der Waals surface area contributed by atoms with Crippen LogP contribution >= 0.6 is 15.9 Å². The molecule has 0 aliphatic rings. The maximum Gasteiger partial charge on any atom is 0.235 e. The van der Waals surface area contributed by atoms with Crippen molar-refractivity contribution in [3.8, 4) is 5.75 Å². The van der Waals surface area contributed by atoms with E-state index in [1.165, 1.54) is 25.3 Å². The highest BCUT2D eigenvalue weighted by Gasteiger charge is 2.08. The normalized spacial score (nSPS) is 9.36. The SMILES string of the molecule is COc1cc(F)cc(CN=C=O)c1Br. The highest BCUT2D eigenvalue weighted by Crippen LogP contribution is 2.30. The molecule has 1 rings (SSSR count). The second-order valence-corrected chi connectivity index (χ2v) is 3.28. The molecule has 0 N–H and O–H groups in total. The molecular weight excluding hydrogens is 253 g/mol. The molecule has 0 heterocycles. The highest BCUT2D eigenvalue weighted by molar-refractivity contribution is 9.10. The molecule has 14 heavy (non-hydrogen) atoms. The Labute approximate surface area is 88.7 Å². The van der Waals surface area contributed by atoms with E-state index in [2.05, 4.69) is 20.9 Å². The lowest BCUT2D eigenvalue weighted by Gasteiger charge is -2.06. The molecule has 0 radical (unpaired) electrons. The van der Waals surface area contributed by atoms with Crippen molar-refractivity contribution >= 4 is 22.0 Å². The Kier molecular flexibility index (Phi) is 3.80. The third-order valence-corrected chi connectivity index (χ3v) is 2.51. The van der Waals surface area contributed by atoms with Crippen molar-refractivity contribution in [2.24, 2.45) is 4.99 Å². The first kappa shape index (κ1) is 10.9. The summed E-state index contributed by atoms with van der Waals surface area (Å²) in [7, 11) is 1.44. The summed E-state index contributed by atoms with van der Waals surface area (Å²) in [6.45, 7) is 0.0816. The number of methoxy groups -OCH3 is 1. The van der Waals surface area contributed by atoms with E-state index < -0.39 is 5.82 Å². The van der Waals surface area contributed by atoms with Crippen LogP contribution in [0.3, 0.4) is 0 Å². The van der Waals surface area contributed by atoms with Crippen LogP contribution in [0, 0.1) is 5.82 Å². The summed E-state index contributed by atoms with van der Waals surface area (Å²) in [6.07, 6.45) is 1.39. The smallest absolute Gasteiger partial charge is 0.235 e. The maximum absolute atomic E-state index is 13.0. The molecule has 0 saturated carbocycles. The molecule has 0 spiro atoms. The highest BCUT2D eigenvalue weighted by atomic mass is 79.9. The standard InChI is InChI=1S/C9H7BrFNO2/c1-14-8-3-7(11)2-6(9(8)10)4-12-5-13/h2-3H,4H2,1H3. The van der Waals surface area contributed by atoms with Gasteiger partial charge in [0.25, 0.3) is 0 Å². The zero-order chi connectivity index (χ0) is 10.6. The minimum atomic E-state index is -0.429. The minimum Gasteiger partial charge on any atom is -0.495 e. The van der Waals surface area contributed by atoms with Crippen LogP contribution in [0.5, 0.6) is 5.75 Å². The third-order valence-electron chi connectivity index (χ3n) is 1.61. The molecule has 0 unspecified atom stereocenters. The predicted octanol–water partition coefficient (Wildman–Crippen LogP) is 2.43. The molecule has 0 fully saturated rings. The summed E-state index contributed by atoms with van der Waals surface area (Å²) >= 11 is 3.22. The molecule has 0 aliphatic carbocycles. The lowest BCUT2D eigenvalue weighted by molar-refractivity contribution is 0.408. The molecule has 3 nitrogen and oxygen atoms in total. The molecule has 1 aromatic rings. The van der Waals surface area contributed by atoms with Gasteiger partial charge in [-0.1, -0.05) is 0 Å². The first-order chi connectivity index (χ1) is 6.69. The van der Waals surface area contributed by atoms with E-state index in [-0.39, 0.29) is 6.54 Å². The Bertz CT molecular complexity index is 389. The van der Waals surface area contributed by atoms with Crippen molar-refractivity contribution in [2.75, 3.05) is 7.11 Å². The number of rotatable bonds is 3. The van der Waals surface area contributed by atoms with Gasteiger partial charge in [-0.3, -0.25) is 0 Å². The predicted molar refractivity (Wildman–Crippen MR) is 52.5 cm³/mol. The summed E-state index contributed by atoms with van der Waals surface area (Å²) in [5.41, 5.74) is 0.546. The first-order valence-electron chi connectivity index (χ1n) is 3.74. The van der Waals surface area contributed by atoms with Gasteiger partial charge < -0.3 is 4.74 Å². The van der Waals surface area contributed by atoms with Crippen LogP contribution in [0.2, 0.25) is 0 Å². The second-order valence-electron chi connectivity index (χ2n) is 2.49. The van der Waals surface area contributed by atoms with Gasteiger partial charge in [-0.05, 0) is 27.6 Å². The quantitative estimate of drug-likeness (QED) is 0.618. The first-order valence-corrected chi connectivity index (χ1v) is 4.54. The van der Waals surface area contributed by atoms with E-state index >= 15 is 0 Å². The molecule has 0 aromatic heterocycles. The molecule has 74 valence electrons. The maximum atomic E-state index is 13.0. The fraction of sp³-hybridized carbons (Fsp3) is 0.222. The van der Waals surface area contributed by atoms with E-state index in [4.69, 9.17) is 4.74 Å². The number of aliphatic imine (C=N–C) groups is 1. The van der Waals surface area contributed by atoms with Gasteiger partial charge in [0.1, 0.15) is 11.6 Å². The lowest BCUT2D eigenvalue weighted by Crippen LogP contribution is -1.92. The van der Waals surface area contributed by atoms with Gasteiger partial charge in [-0.15, -0.1) is 0 Å². The zero-order valence-corrected chi connectivity index (χ0v) is 8.97. The van der Waals surface area contributed by atoms with Crippen molar-refractivity contribution in [1.82, 2.24) is 0 Å². The Morgan fingerprint density at radius 1 is 1.64 bits per heavy atom. The number of hydrogen-bond acceptors (Lipinski definition) is 3. The number of nitrogens with zero attached hydrogens (tertiary/aromatic N) is 1. The number of carbonyl (C=O) groups excluding carboxylic acids is 1. The van der Waals surface area contributed by atoms with Gasteiger partial charge >= 0.3 is 0 Å². The monoisotopic (exact) mass is 259 g/mol. The van der Waals surface area contributed by atoms with Gasteiger partial charge in [-0.25, -0.2) is 14.2 Å². The second kappa shape index (κ2) is 4.88. The Balaban J connectivity index is 3.14. The van der Waals surface area contributed by atoms with Crippen LogP contribution in [-0.4, -0.2) is 13.2 Å². The average molecular weight is 260 g/mol. The van der Waals surface area contributed by atoms with Crippen LogP contribution in [0.25, 0.3) is 0 Å². The molecule has 0 bridgehead atoms. The van der Waals surface area contributed by atoms with Crippen molar-refractivity contribution in [3.05, 3.63) is 28.0 Å². The molecule has 0 saturated heterocycles. The summed E-state index contributed by atoms with van der Waals surface area (Å²) in [6, 6.07) is 2.53. The molecular formula is C9H7BrFNO2. The summed E-state index contributed by atoms with van der Waals surface area (Å²) in [5.74, 6) is -0.0535. The van der Waals surface area contributed by atoms with Gasteiger partial charge in [-0.2, -0.15) is 0 Å². The molecule has 5 heteroatoms. The fourth-order valence-corrected chi connectivity index (χ4v) is 1.52. The van der Waals surface area contributed by atoms with Crippen LogP contribution in [0.15, 0.2) is 21.6 Å². The van der Waals surface area contributed by atoms with Crippen LogP contribution in [-0.2, 0) is 11.3 Å². The number of hydrogen-bond donors (Lipinski definition) is 0. The molecule has 0 aliphatic heterocycles. The third kappa shape index (κ3) is 2.40. The van der Waals surface area contributed by atoms with Crippen LogP contribution in [0.1, 0.15) is 5.56 Å². The summed E-state index contributed by atoms with van der Waals surface area (Å²) < 4.78 is 18.5. The van der Waals surface area contributed by atoms with Crippen LogP contribution < -0.4 is 4.74 Å². The lowest BCUT2D eigenvalue weighted by atomic mass is 10.2. The van der Waals surface area contributed by atoms with E-state index in [0.717, 1.165) is 0 Å². The average Bonchev–Trinajstić information content (AvgIpc) is 2.18. The fourth-order valence-electron chi connectivity index (χ4n) is 0.999. The summed E-state index contributed by atoms with van der Waals surface area (Å²) in [5, 5.41) is 0. The van der Waals surface area contributed by atoms with Gasteiger partial charge in [0.05, 0.1) is 18.1 Å². The number of halogens is 2. The zero-order valence-electron chi connectivity index (χ0n) is 7.38. The van der Waals surface area contributed by atoms with Gasteiger partial charge in [0.15, 0.2) is 0 Å². The van der Waals surface area contributed by atoms with Crippen molar-refractivity contribution < 1.29 is 13.9 Å². The van der Waals surface area contributed by atoms with E-state index in [0.29, 0.717) is 15.8 Å². The van der Waals surface area contributed by atoms with Crippen molar-refractivity contribution in [1.29, 1.82) is 0 Å². The number of ether oxygens (including phenoxy) is 1. The largest absolute Gasteiger partial charge is 0.495 e. The Morgan fingerprint density at radius 2 is 2.36 bits per heavy atom. The Hall–Kier alpha value is -1.19. The van der Waals surface area contributed by atoms with Crippen molar-refractivity contribution in [3.63, 3.8) is 0 Å². The molecule has 1 aromatic carbocycles. The van der Waals surface area contributed by atoms with Crippen molar-refractivity contribution in [2.45, 2.75) is 6.54 Å². The Morgan fingerprint density at radius 3 is 2.93 bits per heavy atom. The van der Waals surface area contributed by atoms with E-state index in [1.54, 1.807) is 0 Å². The number of benzene rings is 1. The van der Waals surface area contributed by atoms with Crippen LogP contribution in [0.4, 0.5) is 4.39 Å². The minimum absolute atomic E-state index is 0.0816. The molecule has 0 amide bonds.